The number of amides is 2. The van der Waals surface area contributed by atoms with E-state index in [-0.39, 0.29) is 35.9 Å². The quantitative estimate of drug-likeness (QED) is 0.398. The van der Waals surface area contributed by atoms with Crippen LogP contribution in [0.25, 0.3) is 0 Å². The molecule has 2 unspecified atom stereocenters. The van der Waals surface area contributed by atoms with E-state index in [1.54, 1.807) is 31.2 Å². The Morgan fingerprint density at radius 1 is 1.03 bits per heavy atom. The van der Waals surface area contributed by atoms with Gasteiger partial charge in [-0.3, -0.25) is 9.59 Å². The van der Waals surface area contributed by atoms with Crippen molar-refractivity contribution < 1.29 is 14.0 Å². The Bertz CT molecular complexity index is 920. The van der Waals surface area contributed by atoms with Crippen molar-refractivity contribution in [3.05, 3.63) is 68.4 Å². The number of nitrogens with zero attached hydrogens (tertiary/aromatic N) is 1. The van der Waals surface area contributed by atoms with Gasteiger partial charge in [0.1, 0.15) is 11.9 Å². The summed E-state index contributed by atoms with van der Waals surface area (Å²) < 4.78 is 14.0. The van der Waals surface area contributed by atoms with E-state index in [0.29, 0.717) is 26.2 Å². The molecule has 0 fully saturated rings. The minimum atomic E-state index is -0.749. The number of carbonyl (C=O) groups is 2. The molecule has 0 aliphatic heterocycles. The van der Waals surface area contributed by atoms with Gasteiger partial charge in [0, 0.05) is 44.5 Å². The van der Waals surface area contributed by atoms with Crippen LogP contribution in [0.1, 0.15) is 38.3 Å². The van der Waals surface area contributed by atoms with Crippen LogP contribution in [0.2, 0.25) is 15.1 Å². The smallest absolute Gasteiger partial charge is 0.242 e. The topological polar surface area (TPSA) is 49.4 Å². The summed E-state index contributed by atoms with van der Waals surface area (Å²) in [6.07, 6.45) is 0.766. The molecule has 0 aliphatic carbocycles. The van der Waals surface area contributed by atoms with E-state index in [0.717, 1.165) is 6.42 Å². The van der Waals surface area contributed by atoms with E-state index < -0.39 is 11.9 Å². The maximum Gasteiger partial charge on any atom is 0.242 e. The van der Waals surface area contributed by atoms with Crippen LogP contribution in [0.5, 0.6) is 0 Å². The Balaban J connectivity index is 2.18. The lowest BCUT2D eigenvalue weighted by molar-refractivity contribution is -0.138. The molecule has 174 valence electrons. The molecule has 0 heterocycles. The van der Waals surface area contributed by atoms with Gasteiger partial charge >= 0.3 is 0 Å². The Morgan fingerprint density at radius 3 is 2.16 bits per heavy atom. The fraction of sp³-hybridized carbons (Fsp3) is 0.391. The van der Waals surface area contributed by atoms with Crippen LogP contribution < -0.4 is 5.32 Å². The molecule has 0 saturated heterocycles. The minimum absolute atomic E-state index is 0.0247. The highest BCUT2D eigenvalue weighted by Gasteiger charge is 2.28. The van der Waals surface area contributed by atoms with Gasteiger partial charge in [0.05, 0.1) is 5.75 Å². The van der Waals surface area contributed by atoms with Crippen molar-refractivity contribution >= 4 is 58.4 Å². The molecule has 0 saturated carbocycles. The van der Waals surface area contributed by atoms with Gasteiger partial charge in [0.2, 0.25) is 11.8 Å². The summed E-state index contributed by atoms with van der Waals surface area (Å²) >= 11 is 19.9. The van der Waals surface area contributed by atoms with E-state index in [4.69, 9.17) is 34.8 Å². The molecule has 2 aromatic rings. The number of thioether (sulfide) groups is 1. The summed E-state index contributed by atoms with van der Waals surface area (Å²) in [7, 11) is 0. The van der Waals surface area contributed by atoms with E-state index in [1.807, 2.05) is 13.8 Å². The summed E-state index contributed by atoms with van der Waals surface area (Å²) in [6, 6.07) is 8.78. The normalized spacial score (nSPS) is 12.8. The van der Waals surface area contributed by atoms with E-state index in [1.165, 1.54) is 28.8 Å². The first-order valence-corrected chi connectivity index (χ1v) is 12.5. The van der Waals surface area contributed by atoms with Crippen molar-refractivity contribution in [2.45, 2.75) is 51.6 Å². The van der Waals surface area contributed by atoms with Crippen LogP contribution in [-0.4, -0.2) is 34.6 Å². The second-order valence-electron chi connectivity index (χ2n) is 7.41. The van der Waals surface area contributed by atoms with E-state index in [9.17, 15) is 14.0 Å². The van der Waals surface area contributed by atoms with Gasteiger partial charge in [0.15, 0.2) is 0 Å². The average molecular weight is 520 g/mol. The van der Waals surface area contributed by atoms with Gasteiger partial charge in [-0.25, -0.2) is 4.39 Å². The van der Waals surface area contributed by atoms with Crippen molar-refractivity contribution in [2.24, 2.45) is 0 Å². The minimum Gasteiger partial charge on any atom is -0.352 e. The number of benzene rings is 2. The van der Waals surface area contributed by atoms with Crippen LogP contribution in [0.15, 0.2) is 36.4 Å². The Labute approximate surface area is 207 Å². The number of rotatable bonds is 10. The molecular formula is C23H26Cl3FN2O2S. The van der Waals surface area contributed by atoms with Crippen molar-refractivity contribution in [3.63, 3.8) is 0 Å². The Kier molecular flexibility index (Phi) is 10.6. The molecule has 4 nitrogen and oxygen atoms in total. The highest BCUT2D eigenvalue weighted by atomic mass is 35.5. The summed E-state index contributed by atoms with van der Waals surface area (Å²) in [6.45, 7) is 5.61. The van der Waals surface area contributed by atoms with Crippen LogP contribution in [-0.2, 0) is 21.9 Å². The first-order chi connectivity index (χ1) is 15.1. The first kappa shape index (κ1) is 26.8. The maximum atomic E-state index is 14.0. The highest BCUT2D eigenvalue weighted by Crippen LogP contribution is 2.28. The second-order valence-corrected chi connectivity index (χ2v) is 9.62. The molecule has 0 aliphatic rings. The lowest BCUT2D eigenvalue weighted by Gasteiger charge is -2.30. The van der Waals surface area contributed by atoms with Gasteiger partial charge in [-0.2, -0.15) is 0 Å². The zero-order chi connectivity index (χ0) is 23.8. The third kappa shape index (κ3) is 7.27. The molecule has 0 radical (unpaired) electrons. The van der Waals surface area contributed by atoms with Crippen LogP contribution >= 0.6 is 46.6 Å². The van der Waals surface area contributed by atoms with Crippen molar-refractivity contribution in [1.29, 1.82) is 0 Å². The molecule has 2 aromatic carbocycles. The maximum absolute atomic E-state index is 14.0. The molecule has 9 heteroatoms. The summed E-state index contributed by atoms with van der Waals surface area (Å²) in [4.78, 5) is 27.3. The molecule has 0 spiro atoms. The summed E-state index contributed by atoms with van der Waals surface area (Å²) in [5.41, 5.74) is 0.907. The van der Waals surface area contributed by atoms with Crippen molar-refractivity contribution in [3.8, 4) is 0 Å². The Hall–Kier alpha value is -1.47. The molecule has 1 N–H and O–H groups in total. The number of carbonyl (C=O) groups excluding carboxylic acids is 2. The van der Waals surface area contributed by atoms with Gasteiger partial charge in [-0.15, -0.1) is 11.8 Å². The molecular weight excluding hydrogens is 494 g/mol. The predicted molar refractivity (Wildman–Crippen MR) is 132 cm³/mol. The molecule has 2 rings (SSSR count). The van der Waals surface area contributed by atoms with Crippen LogP contribution in [0.4, 0.5) is 4.39 Å². The number of hydrogen-bond donors (Lipinski definition) is 1. The number of nitrogens with one attached hydrogen (secondary N) is 1. The molecule has 2 amide bonds. The number of hydrogen-bond acceptors (Lipinski definition) is 3. The van der Waals surface area contributed by atoms with Gasteiger partial charge < -0.3 is 10.2 Å². The lowest BCUT2D eigenvalue weighted by atomic mass is 10.1. The van der Waals surface area contributed by atoms with Crippen molar-refractivity contribution in [2.75, 3.05) is 5.75 Å². The van der Waals surface area contributed by atoms with Crippen molar-refractivity contribution in [1.82, 2.24) is 10.2 Å². The molecule has 32 heavy (non-hydrogen) atoms. The van der Waals surface area contributed by atoms with Crippen LogP contribution in [0, 0.1) is 5.82 Å². The Morgan fingerprint density at radius 2 is 1.59 bits per heavy atom. The predicted octanol–water partition coefficient (Wildman–Crippen LogP) is 6.35. The molecule has 0 bridgehead atoms. The van der Waals surface area contributed by atoms with Crippen LogP contribution in [0.3, 0.4) is 0 Å². The van der Waals surface area contributed by atoms with E-state index >= 15 is 0 Å². The standard InChI is InChI=1S/C23H26Cl3FN2O2S/c1-4-14(2)28-23(31)15(3)29(11-16-18(24)7-5-8-19(16)25)22(30)13-32-12-17-20(26)9-6-10-21(17)27/h5-10,14-15H,4,11-13H2,1-3H3,(H,28,31). The summed E-state index contributed by atoms with van der Waals surface area (Å²) in [5.74, 6) is -0.708. The first-order valence-electron chi connectivity index (χ1n) is 10.2. The third-order valence-corrected chi connectivity index (χ3v) is 7.10. The molecule has 0 aromatic heterocycles. The fourth-order valence-corrected chi connectivity index (χ4v) is 4.66. The van der Waals surface area contributed by atoms with Gasteiger partial charge in [-0.05, 0) is 44.5 Å². The monoisotopic (exact) mass is 518 g/mol. The number of halogens is 4. The lowest BCUT2D eigenvalue weighted by Crippen LogP contribution is -2.50. The zero-order valence-electron chi connectivity index (χ0n) is 18.1. The zero-order valence-corrected chi connectivity index (χ0v) is 21.2. The van der Waals surface area contributed by atoms with Gasteiger partial charge in [0.25, 0.3) is 0 Å². The van der Waals surface area contributed by atoms with E-state index in [2.05, 4.69) is 5.32 Å². The third-order valence-electron chi connectivity index (χ3n) is 5.09. The molecule has 2 atom stereocenters. The average Bonchev–Trinajstić information content (AvgIpc) is 2.74. The largest absolute Gasteiger partial charge is 0.352 e. The van der Waals surface area contributed by atoms with Gasteiger partial charge in [-0.1, -0.05) is 53.9 Å². The SMILES string of the molecule is CCC(C)NC(=O)C(C)N(Cc1c(Cl)cccc1Cl)C(=O)CSCc1c(F)cccc1Cl. The second kappa shape index (κ2) is 12.7. The highest BCUT2D eigenvalue weighted by molar-refractivity contribution is 7.99. The fourth-order valence-electron chi connectivity index (χ4n) is 2.90. The summed E-state index contributed by atoms with van der Waals surface area (Å²) in [5, 5.41) is 4.04.